The summed E-state index contributed by atoms with van der Waals surface area (Å²) >= 11 is 0. The third kappa shape index (κ3) is 2.73. The number of aromatic nitrogens is 2. The highest BCUT2D eigenvalue weighted by Crippen LogP contribution is 2.26. The summed E-state index contributed by atoms with van der Waals surface area (Å²) in [7, 11) is 0. The summed E-state index contributed by atoms with van der Waals surface area (Å²) in [6.45, 7) is 3.82. The van der Waals surface area contributed by atoms with Crippen molar-refractivity contribution in [1.29, 1.82) is 0 Å². The zero-order chi connectivity index (χ0) is 14.0. The number of nitrogens with two attached hydrogens (primary N) is 1. The van der Waals surface area contributed by atoms with E-state index in [1.807, 2.05) is 13.8 Å². The van der Waals surface area contributed by atoms with Gasteiger partial charge < -0.3 is 15.4 Å². The van der Waals surface area contributed by atoms with Gasteiger partial charge in [0.05, 0.1) is 5.54 Å². The minimum Gasteiger partial charge on any atom is -0.505 e. The Hall–Kier alpha value is -1.95. The van der Waals surface area contributed by atoms with E-state index in [0.29, 0.717) is 17.9 Å². The summed E-state index contributed by atoms with van der Waals surface area (Å²) in [5, 5.41) is 12.9. The molecule has 0 spiro atoms. The average molecular weight is 265 g/mol. The third-order valence-corrected chi connectivity index (χ3v) is 2.89. The quantitative estimate of drug-likeness (QED) is 0.887. The van der Waals surface area contributed by atoms with Gasteiger partial charge in [0, 0.05) is 5.56 Å². The van der Waals surface area contributed by atoms with E-state index in [0.717, 1.165) is 12.5 Å². The van der Waals surface area contributed by atoms with Gasteiger partial charge in [-0.3, -0.25) is 0 Å². The summed E-state index contributed by atoms with van der Waals surface area (Å²) in [6.07, 6.45) is 1.59. The fourth-order valence-electron chi connectivity index (χ4n) is 1.84. The van der Waals surface area contributed by atoms with E-state index < -0.39 is 17.1 Å². The van der Waals surface area contributed by atoms with Crippen molar-refractivity contribution in [2.75, 3.05) is 0 Å². The Bertz CT molecular complexity index is 581. The first-order valence-corrected chi connectivity index (χ1v) is 6.06. The molecule has 0 aliphatic rings. The molecule has 1 aromatic heterocycles. The minimum absolute atomic E-state index is 0.252. The number of phenols is 1. The third-order valence-electron chi connectivity index (χ3n) is 2.89. The Morgan fingerprint density at radius 2 is 2.21 bits per heavy atom. The normalized spacial score (nSPS) is 14.3. The number of halogens is 1. The first-order chi connectivity index (χ1) is 8.94. The molecule has 0 radical (unpaired) electrons. The van der Waals surface area contributed by atoms with Crippen molar-refractivity contribution in [3.8, 4) is 17.1 Å². The van der Waals surface area contributed by atoms with E-state index in [-0.39, 0.29) is 5.82 Å². The van der Waals surface area contributed by atoms with Gasteiger partial charge in [-0.05, 0) is 31.5 Å². The Labute approximate surface area is 110 Å². The number of phenolic OH excluding ortho intramolecular Hbond substituents is 1. The van der Waals surface area contributed by atoms with Crippen LogP contribution in [0.15, 0.2) is 22.7 Å². The second kappa shape index (κ2) is 4.97. The molecule has 0 bridgehead atoms. The lowest BCUT2D eigenvalue weighted by Gasteiger charge is -2.18. The van der Waals surface area contributed by atoms with Crippen molar-refractivity contribution < 1.29 is 14.0 Å². The molecule has 19 heavy (non-hydrogen) atoms. The van der Waals surface area contributed by atoms with E-state index >= 15 is 0 Å². The zero-order valence-corrected chi connectivity index (χ0v) is 10.9. The smallest absolute Gasteiger partial charge is 0.246 e. The number of nitrogens with zero attached hydrogens (tertiary/aromatic N) is 2. The predicted molar refractivity (Wildman–Crippen MR) is 67.8 cm³/mol. The van der Waals surface area contributed by atoms with Crippen LogP contribution < -0.4 is 5.73 Å². The molecule has 1 heterocycles. The van der Waals surface area contributed by atoms with Crippen LogP contribution in [-0.2, 0) is 5.54 Å². The summed E-state index contributed by atoms with van der Waals surface area (Å²) in [6, 6.07) is 3.91. The van der Waals surface area contributed by atoms with E-state index in [1.54, 1.807) is 0 Å². The maximum Gasteiger partial charge on any atom is 0.246 e. The van der Waals surface area contributed by atoms with E-state index in [1.165, 1.54) is 12.1 Å². The van der Waals surface area contributed by atoms with Gasteiger partial charge in [-0.15, -0.1) is 0 Å². The second-order valence-electron chi connectivity index (χ2n) is 4.76. The van der Waals surface area contributed by atoms with Crippen molar-refractivity contribution in [2.45, 2.75) is 32.2 Å². The van der Waals surface area contributed by atoms with Crippen molar-refractivity contribution >= 4 is 0 Å². The highest BCUT2D eigenvalue weighted by atomic mass is 19.1. The molecule has 1 atom stereocenters. The zero-order valence-electron chi connectivity index (χ0n) is 10.9. The molecular weight excluding hydrogens is 249 g/mol. The number of benzene rings is 1. The first kappa shape index (κ1) is 13.5. The molecule has 0 saturated carbocycles. The van der Waals surface area contributed by atoms with E-state index in [2.05, 4.69) is 10.1 Å². The second-order valence-corrected chi connectivity index (χ2v) is 4.76. The Balaban J connectivity index is 2.33. The highest BCUT2D eigenvalue weighted by Gasteiger charge is 2.27. The standard InChI is InChI=1S/C13H16FN3O2/c1-3-6-13(2,15)12-16-11(17-19-12)8-4-5-10(18)9(14)7-8/h4-5,7,18H,3,6,15H2,1-2H3. The monoisotopic (exact) mass is 265 g/mol. The molecule has 6 heteroatoms. The van der Waals surface area contributed by atoms with Gasteiger partial charge in [-0.1, -0.05) is 18.5 Å². The van der Waals surface area contributed by atoms with Crippen LogP contribution in [0.1, 0.15) is 32.6 Å². The van der Waals surface area contributed by atoms with Crippen LogP contribution in [0.25, 0.3) is 11.4 Å². The van der Waals surface area contributed by atoms with E-state index in [4.69, 9.17) is 15.4 Å². The fourth-order valence-corrected chi connectivity index (χ4v) is 1.84. The SMILES string of the molecule is CCCC(C)(N)c1nc(-c2ccc(O)c(F)c2)no1. The fraction of sp³-hybridized carbons (Fsp3) is 0.385. The largest absolute Gasteiger partial charge is 0.505 e. The number of hydrogen-bond donors (Lipinski definition) is 2. The molecule has 0 amide bonds. The highest BCUT2D eigenvalue weighted by molar-refractivity contribution is 5.55. The molecule has 102 valence electrons. The molecule has 2 aromatic rings. The first-order valence-electron chi connectivity index (χ1n) is 6.06. The molecule has 2 rings (SSSR count). The van der Waals surface area contributed by atoms with Gasteiger partial charge in [0.2, 0.25) is 11.7 Å². The summed E-state index contributed by atoms with van der Waals surface area (Å²) in [4.78, 5) is 4.19. The average Bonchev–Trinajstić information content (AvgIpc) is 2.83. The van der Waals surface area contributed by atoms with Gasteiger partial charge >= 0.3 is 0 Å². The van der Waals surface area contributed by atoms with Crippen LogP contribution in [0.2, 0.25) is 0 Å². The van der Waals surface area contributed by atoms with Crippen molar-refractivity contribution in [3.05, 3.63) is 29.9 Å². The lowest BCUT2D eigenvalue weighted by Crippen LogP contribution is -2.33. The molecule has 0 aliphatic heterocycles. The molecule has 0 aliphatic carbocycles. The molecule has 1 aromatic carbocycles. The molecule has 0 saturated heterocycles. The maximum absolute atomic E-state index is 13.3. The number of rotatable bonds is 4. The van der Waals surface area contributed by atoms with Crippen molar-refractivity contribution in [3.63, 3.8) is 0 Å². The number of aromatic hydroxyl groups is 1. The molecule has 5 nitrogen and oxygen atoms in total. The topological polar surface area (TPSA) is 85.2 Å². The lowest BCUT2D eigenvalue weighted by molar-refractivity contribution is 0.284. The van der Waals surface area contributed by atoms with Gasteiger partial charge in [0.25, 0.3) is 0 Å². The minimum atomic E-state index is -0.729. The van der Waals surface area contributed by atoms with Crippen LogP contribution >= 0.6 is 0 Å². The van der Waals surface area contributed by atoms with Crippen LogP contribution in [-0.4, -0.2) is 15.2 Å². The molecule has 3 N–H and O–H groups in total. The van der Waals surface area contributed by atoms with Crippen molar-refractivity contribution in [2.24, 2.45) is 5.73 Å². The van der Waals surface area contributed by atoms with Crippen molar-refractivity contribution in [1.82, 2.24) is 10.1 Å². The molecular formula is C13H16FN3O2. The Kier molecular flexibility index (Phi) is 3.53. The van der Waals surface area contributed by atoms with Gasteiger partial charge in [-0.25, -0.2) is 4.39 Å². The number of hydrogen-bond acceptors (Lipinski definition) is 5. The maximum atomic E-state index is 13.3. The molecule has 0 fully saturated rings. The van der Waals surface area contributed by atoms with Crippen LogP contribution in [0.5, 0.6) is 5.75 Å². The summed E-state index contributed by atoms with van der Waals surface area (Å²) in [5.74, 6) is -0.574. The van der Waals surface area contributed by atoms with Gasteiger partial charge in [-0.2, -0.15) is 4.98 Å². The summed E-state index contributed by atoms with van der Waals surface area (Å²) in [5.41, 5.74) is 5.81. The van der Waals surface area contributed by atoms with Gasteiger partial charge in [0.15, 0.2) is 11.6 Å². The summed E-state index contributed by atoms with van der Waals surface area (Å²) < 4.78 is 18.4. The Morgan fingerprint density at radius 1 is 1.47 bits per heavy atom. The van der Waals surface area contributed by atoms with Crippen LogP contribution in [0.4, 0.5) is 4.39 Å². The lowest BCUT2D eigenvalue weighted by atomic mass is 9.98. The van der Waals surface area contributed by atoms with Crippen LogP contribution in [0, 0.1) is 5.82 Å². The van der Waals surface area contributed by atoms with Gasteiger partial charge in [0.1, 0.15) is 0 Å². The Morgan fingerprint density at radius 3 is 2.84 bits per heavy atom. The predicted octanol–water partition coefficient (Wildman–Crippen LogP) is 2.56. The molecule has 1 unspecified atom stereocenters. The van der Waals surface area contributed by atoms with E-state index in [9.17, 15) is 4.39 Å². The van der Waals surface area contributed by atoms with Crippen LogP contribution in [0.3, 0.4) is 0 Å².